The van der Waals surface area contributed by atoms with Gasteiger partial charge in [-0.2, -0.15) is 0 Å². The highest BCUT2D eigenvalue weighted by molar-refractivity contribution is 5.76. The lowest BCUT2D eigenvalue weighted by molar-refractivity contribution is -0.136. The first-order valence-corrected chi connectivity index (χ1v) is 5.53. The van der Waals surface area contributed by atoms with Crippen molar-refractivity contribution in [3.05, 3.63) is 59.7 Å². The van der Waals surface area contributed by atoms with Crippen molar-refractivity contribution in [2.75, 3.05) is 0 Å². The summed E-state index contributed by atoms with van der Waals surface area (Å²) in [5.41, 5.74) is 4.10. The molecule has 2 aromatic carbocycles. The molecule has 0 heterocycles. The zero-order valence-corrected chi connectivity index (χ0v) is 9.68. The molecule has 0 aromatic heterocycles. The van der Waals surface area contributed by atoms with Gasteiger partial charge in [0.15, 0.2) is 0 Å². The summed E-state index contributed by atoms with van der Waals surface area (Å²) >= 11 is 0. The van der Waals surface area contributed by atoms with E-state index in [1.165, 1.54) is 5.56 Å². The van der Waals surface area contributed by atoms with Gasteiger partial charge in [-0.1, -0.05) is 54.1 Å². The first-order chi connectivity index (χ1) is 8.16. The van der Waals surface area contributed by atoms with E-state index in [1.54, 1.807) is 0 Å². The Morgan fingerprint density at radius 2 is 1.88 bits per heavy atom. The Labute approximate surface area is 101 Å². The van der Waals surface area contributed by atoms with Gasteiger partial charge in [-0.3, -0.25) is 4.79 Å². The zero-order chi connectivity index (χ0) is 12.3. The maximum absolute atomic E-state index is 10.8. The number of carboxylic acids is 1. The Kier molecular flexibility index (Phi) is 3.24. The second kappa shape index (κ2) is 4.83. The molecule has 0 spiro atoms. The van der Waals surface area contributed by atoms with Crippen molar-refractivity contribution in [1.82, 2.24) is 0 Å². The number of carboxylic acid groups (broad SMARTS) is 1. The van der Waals surface area contributed by atoms with Gasteiger partial charge in [0.1, 0.15) is 0 Å². The predicted octanol–water partition coefficient (Wildman–Crippen LogP) is 3.29. The number of aryl methyl sites for hydroxylation is 1. The van der Waals surface area contributed by atoms with Gasteiger partial charge in [0.25, 0.3) is 0 Å². The van der Waals surface area contributed by atoms with Crippen LogP contribution in [0.1, 0.15) is 11.1 Å². The molecule has 1 N–H and O–H groups in total. The quantitative estimate of drug-likeness (QED) is 0.872. The van der Waals surface area contributed by atoms with Gasteiger partial charge in [-0.05, 0) is 23.6 Å². The van der Waals surface area contributed by atoms with Crippen LogP contribution in [-0.2, 0) is 11.2 Å². The third-order valence-electron chi connectivity index (χ3n) is 2.69. The summed E-state index contributed by atoms with van der Waals surface area (Å²) in [5, 5.41) is 8.89. The fraction of sp³-hybridized carbons (Fsp3) is 0.133. The number of carbonyl (C=O) groups is 1. The minimum atomic E-state index is -0.801. The van der Waals surface area contributed by atoms with Crippen LogP contribution in [-0.4, -0.2) is 11.1 Å². The van der Waals surface area contributed by atoms with Gasteiger partial charge < -0.3 is 5.11 Å². The van der Waals surface area contributed by atoms with Crippen LogP contribution < -0.4 is 0 Å². The fourth-order valence-corrected chi connectivity index (χ4v) is 1.93. The van der Waals surface area contributed by atoms with Crippen molar-refractivity contribution >= 4 is 5.97 Å². The molecule has 2 heteroatoms. The summed E-state index contributed by atoms with van der Waals surface area (Å²) in [6.07, 6.45) is 0.0596. The second-order valence-corrected chi connectivity index (χ2v) is 4.10. The summed E-state index contributed by atoms with van der Waals surface area (Å²) in [6, 6.07) is 15.7. The largest absolute Gasteiger partial charge is 0.481 e. The van der Waals surface area contributed by atoms with Crippen molar-refractivity contribution in [2.24, 2.45) is 0 Å². The Morgan fingerprint density at radius 1 is 1.12 bits per heavy atom. The number of aliphatic carboxylic acids is 1. The molecule has 0 unspecified atom stereocenters. The molecule has 2 nitrogen and oxygen atoms in total. The maximum atomic E-state index is 10.8. The van der Waals surface area contributed by atoms with Crippen LogP contribution in [0.15, 0.2) is 48.5 Å². The Morgan fingerprint density at radius 3 is 2.59 bits per heavy atom. The third-order valence-corrected chi connectivity index (χ3v) is 2.69. The summed E-state index contributed by atoms with van der Waals surface area (Å²) < 4.78 is 0. The van der Waals surface area contributed by atoms with E-state index in [1.807, 2.05) is 49.4 Å². The van der Waals surface area contributed by atoms with Crippen molar-refractivity contribution in [2.45, 2.75) is 13.3 Å². The third kappa shape index (κ3) is 2.72. The standard InChI is InChI=1S/C15H14O2/c1-11-5-4-7-12(9-11)14-8-3-2-6-13(14)10-15(16)17/h2-9H,10H2,1H3,(H,16,17). The molecule has 0 atom stereocenters. The molecule has 0 radical (unpaired) electrons. The molecule has 17 heavy (non-hydrogen) atoms. The smallest absolute Gasteiger partial charge is 0.307 e. The topological polar surface area (TPSA) is 37.3 Å². The van der Waals surface area contributed by atoms with Crippen LogP contribution >= 0.6 is 0 Å². The second-order valence-electron chi connectivity index (χ2n) is 4.10. The highest BCUT2D eigenvalue weighted by atomic mass is 16.4. The number of rotatable bonds is 3. The zero-order valence-electron chi connectivity index (χ0n) is 9.68. The van der Waals surface area contributed by atoms with Crippen molar-refractivity contribution in [3.8, 4) is 11.1 Å². The molecule has 0 fully saturated rings. The van der Waals surface area contributed by atoms with E-state index in [9.17, 15) is 4.79 Å². The summed E-state index contributed by atoms with van der Waals surface area (Å²) in [6.45, 7) is 2.03. The molecule has 0 aliphatic rings. The van der Waals surface area contributed by atoms with Crippen LogP contribution in [0.4, 0.5) is 0 Å². The number of hydrogen-bond donors (Lipinski definition) is 1. The minimum absolute atomic E-state index is 0.0596. The molecule has 86 valence electrons. The highest BCUT2D eigenvalue weighted by Gasteiger charge is 2.07. The Balaban J connectivity index is 2.47. The van der Waals surface area contributed by atoms with Crippen LogP contribution in [0.5, 0.6) is 0 Å². The average molecular weight is 226 g/mol. The van der Waals surface area contributed by atoms with E-state index in [-0.39, 0.29) is 6.42 Å². The highest BCUT2D eigenvalue weighted by Crippen LogP contribution is 2.24. The molecule has 0 saturated carbocycles. The van der Waals surface area contributed by atoms with E-state index in [2.05, 4.69) is 6.07 Å². The van der Waals surface area contributed by atoms with Gasteiger partial charge in [0.2, 0.25) is 0 Å². The predicted molar refractivity (Wildman–Crippen MR) is 68.0 cm³/mol. The molecule has 2 aromatic rings. The first kappa shape index (κ1) is 11.4. The normalized spacial score (nSPS) is 10.2. The Hall–Kier alpha value is -2.09. The molecule has 0 bridgehead atoms. The van der Waals surface area contributed by atoms with Gasteiger partial charge in [-0.15, -0.1) is 0 Å². The van der Waals surface area contributed by atoms with Crippen LogP contribution in [0.2, 0.25) is 0 Å². The molecule has 0 saturated heterocycles. The molecular formula is C15H14O2. The average Bonchev–Trinajstić information content (AvgIpc) is 2.29. The van der Waals surface area contributed by atoms with Gasteiger partial charge in [-0.25, -0.2) is 0 Å². The van der Waals surface area contributed by atoms with Crippen LogP contribution in [0.25, 0.3) is 11.1 Å². The van der Waals surface area contributed by atoms with Crippen molar-refractivity contribution in [3.63, 3.8) is 0 Å². The number of hydrogen-bond acceptors (Lipinski definition) is 1. The van der Waals surface area contributed by atoms with Crippen molar-refractivity contribution < 1.29 is 9.90 Å². The lowest BCUT2D eigenvalue weighted by Gasteiger charge is -2.08. The molecular weight excluding hydrogens is 212 g/mol. The lowest BCUT2D eigenvalue weighted by Crippen LogP contribution is -2.01. The maximum Gasteiger partial charge on any atom is 0.307 e. The van der Waals surface area contributed by atoms with Gasteiger partial charge in [0.05, 0.1) is 6.42 Å². The van der Waals surface area contributed by atoms with Crippen LogP contribution in [0.3, 0.4) is 0 Å². The summed E-state index contributed by atoms with van der Waals surface area (Å²) in [5.74, 6) is -0.801. The summed E-state index contributed by atoms with van der Waals surface area (Å²) in [7, 11) is 0. The van der Waals surface area contributed by atoms with Gasteiger partial charge in [0, 0.05) is 0 Å². The fourth-order valence-electron chi connectivity index (χ4n) is 1.93. The molecule has 0 aliphatic carbocycles. The van der Waals surface area contributed by atoms with E-state index in [4.69, 9.17) is 5.11 Å². The van der Waals surface area contributed by atoms with Gasteiger partial charge >= 0.3 is 5.97 Å². The van der Waals surface area contributed by atoms with E-state index in [0.29, 0.717) is 0 Å². The minimum Gasteiger partial charge on any atom is -0.481 e. The van der Waals surface area contributed by atoms with Crippen molar-refractivity contribution in [1.29, 1.82) is 0 Å². The molecule has 2 rings (SSSR count). The Bertz CT molecular complexity index is 544. The van der Waals surface area contributed by atoms with E-state index >= 15 is 0 Å². The van der Waals surface area contributed by atoms with E-state index < -0.39 is 5.97 Å². The summed E-state index contributed by atoms with van der Waals surface area (Å²) in [4.78, 5) is 10.8. The lowest BCUT2D eigenvalue weighted by atomic mass is 9.97. The van der Waals surface area contributed by atoms with E-state index in [0.717, 1.165) is 16.7 Å². The monoisotopic (exact) mass is 226 g/mol. The SMILES string of the molecule is Cc1cccc(-c2ccccc2CC(=O)O)c1. The molecule has 0 amide bonds. The molecule has 0 aliphatic heterocycles. The number of benzene rings is 2. The van der Waals surface area contributed by atoms with Crippen LogP contribution in [0, 0.1) is 6.92 Å². The first-order valence-electron chi connectivity index (χ1n) is 5.53.